The van der Waals surface area contributed by atoms with E-state index >= 15 is 0 Å². The van der Waals surface area contributed by atoms with Gasteiger partial charge in [0.1, 0.15) is 11.9 Å². The Balaban J connectivity index is 2.77. The van der Waals surface area contributed by atoms with Crippen molar-refractivity contribution in [3.05, 3.63) is 35.1 Å². The van der Waals surface area contributed by atoms with Crippen LogP contribution in [-0.2, 0) is 6.54 Å². The van der Waals surface area contributed by atoms with Gasteiger partial charge in [-0.2, -0.15) is 5.26 Å². The SMILES string of the molecule is CCCCN(CCO)Cc1cccc(C#N)c1F. The quantitative estimate of drug-likeness (QED) is 0.807. The maximum Gasteiger partial charge on any atom is 0.145 e. The van der Waals surface area contributed by atoms with Gasteiger partial charge < -0.3 is 5.11 Å². The molecule has 0 bridgehead atoms. The van der Waals surface area contributed by atoms with Crippen molar-refractivity contribution in [1.82, 2.24) is 4.90 Å². The number of nitrogens with zero attached hydrogens (tertiary/aromatic N) is 2. The van der Waals surface area contributed by atoms with Crippen LogP contribution >= 0.6 is 0 Å². The predicted octanol–water partition coefficient (Wildman–Crippen LogP) is 2.29. The van der Waals surface area contributed by atoms with E-state index in [2.05, 4.69) is 6.92 Å². The molecule has 0 saturated heterocycles. The summed E-state index contributed by atoms with van der Waals surface area (Å²) in [4.78, 5) is 2.00. The zero-order chi connectivity index (χ0) is 13.4. The zero-order valence-electron chi connectivity index (χ0n) is 10.7. The molecule has 18 heavy (non-hydrogen) atoms. The van der Waals surface area contributed by atoms with E-state index in [1.54, 1.807) is 12.1 Å². The summed E-state index contributed by atoms with van der Waals surface area (Å²) in [5, 5.41) is 17.8. The van der Waals surface area contributed by atoms with Gasteiger partial charge in [-0.3, -0.25) is 4.90 Å². The molecule has 0 aliphatic rings. The minimum Gasteiger partial charge on any atom is -0.395 e. The van der Waals surface area contributed by atoms with Crippen molar-refractivity contribution in [2.24, 2.45) is 0 Å². The number of aliphatic hydroxyl groups excluding tert-OH is 1. The molecular weight excluding hydrogens is 231 g/mol. The summed E-state index contributed by atoms with van der Waals surface area (Å²) in [7, 11) is 0. The number of unbranched alkanes of at least 4 members (excludes halogenated alkanes) is 1. The summed E-state index contributed by atoms with van der Waals surface area (Å²) < 4.78 is 13.9. The molecule has 0 aromatic heterocycles. The molecule has 3 nitrogen and oxygen atoms in total. The van der Waals surface area contributed by atoms with Gasteiger partial charge in [0, 0.05) is 18.7 Å². The second-order valence-electron chi connectivity index (χ2n) is 4.24. The summed E-state index contributed by atoms with van der Waals surface area (Å²) >= 11 is 0. The Hall–Kier alpha value is -1.44. The lowest BCUT2D eigenvalue weighted by molar-refractivity contribution is 0.187. The van der Waals surface area contributed by atoms with Crippen molar-refractivity contribution in [3.63, 3.8) is 0 Å². The first kappa shape index (κ1) is 14.6. The van der Waals surface area contributed by atoms with Crippen LogP contribution in [0.3, 0.4) is 0 Å². The zero-order valence-corrected chi connectivity index (χ0v) is 10.7. The van der Waals surface area contributed by atoms with E-state index in [4.69, 9.17) is 10.4 Å². The number of benzene rings is 1. The number of hydrogen-bond acceptors (Lipinski definition) is 3. The maximum atomic E-state index is 13.9. The van der Waals surface area contributed by atoms with E-state index in [1.165, 1.54) is 6.07 Å². The molecule has 0 aliphatic heterocycles. The van der Waals surface area contributed by atoms with Gasteiger partial charge in [-0.1, -0.05) is 25.5 Å². The third-order valence-electron chi connectivity index (χ3n) is 2.84. The van der Waals surface area contributed by atoms with E-state index in [0.717, 1.165) is 19.4 Å². The summed E-state index contributed by atoms with van der Waals surface area (Å²) in [6.45, 7) is 3.93. The molecule has 1 aromatic carbocycles. The van der Waals surface area contributed by atoms with E-state index in [0.29, 0.717) is 18.7 Å². The molecule has 0 saturated carbocycles. The summed E-state index contributed by atoms with van der Waals surface area (Å²) in [6.07, 6.45) is 2.07. The van der Waals surface area contributed by atoms with Gasteiger partial charge in [-0.25, -0.2) is 4.39 Å². The molecule has 98 valence electrons. The predicted molar refractivity (Wildman–Crippen MR) is 68.4 cm³/mol. The second kappa shape index (κ2) is 7.80. The lowest BCUT2D eigenvalue weighted by Gasteiger charge is -2.21. The van der Waals surface area contributed by atoms with Crippen molar-refractivity contribution in [2.75, 3.05) is 19.7 Å². The molecule has 0 heterocycles. The van der Waals surface area contributed by atoms with Crippen molar-refractivity contribution in [1.29, 1.82) is 5.26 Å². The molecule has 4 heteroatoms. The van der Waals surface area contributed by atoms with Gasteiger partial charge >= 0.3 is 0 Å². The molecule has 0 unspecified atom stereocenters. The topological polar surface area (TPSA) is 47.3 Å². The average Bonchev–Trinajstić information content (AvgIpc) is 2.38. The third-order valence-corrected chi connectivity index (χ3v) is 2.84. The van der Waals surface area contributed by atoms with Crippen LogP contribution in [-0.4, -0.2) is 29.7 Å². The molecule has 1 aromatic rings. The molecule has 0 aliphatic carbocycles. The Bertz CT molecular complexity index is 415. The molecule has 1 rings (SSSR count). The molecule has 0 atom stereocenters. The largest absolute Gasteiger partial charge is 0.395 e. The van der Waals surface area contributed by atoms with Crippen molar-refractivity contribution >= 4 is 0 Å². The minimum absolute atomic E-state index is 0.0588. The molecule has 1 N–H and O–H groups in total. The average molecular weight is 250 g/mol. The smallest absolute Gasteiger partial charge is 0.145 e. The maximum absolute atomic E-state index is 13.9. The van der Waals surface area contributed by atoms with E-state index in [1.807, 2.05) is 11.0 Å². The minimum atomic E-state index is -0.445. The van der Waals surface area contributed by atoms with E-state index in [9.17, 15) is 4.39 Å². The first-order valence-electron chi connectivity index (χ1n) is 6.23. The Morgan fingerprint density at radius 2 is 2.17 bits per heavy atom. The highest BCUT2D eigenvalue weighted by Crippen LogP contribution is 2.14. The van der Waals surface area contributed by atoms with Crippen molar-refractivity contribution in [2.45, 2.75) is 26.3 Å². The normalized spacial score (nSPS) is 10.6. The standard InChI is InChI=1S/C14H19FN2O/c1-2-3-7-17(8-9-18)11-13-6-4-5-12(10-16)14(13)15/h4-6,18H,2-3,7-9,11H2,1H3. The molecule has 0 radical (unpaired) electrons. The van der Waals surface area contributed by atoms with Crippen LogP contribution in [0.25, 0.3) is 0 Å². The number of halogens is 1. The highest BCUT2D eigenvalue weighted by Gasteiger charge is 2.11. The number of rotatable bonds is 7. The van der Waals surface area contributed by atoms with Gasteiger partial charge in [0.25, 0.3) is 0 Å². The fourth-order valence-corrected chi connectivity index (χ4v) is 1.82. The van der Waals surface area contributed by atoms with Gasteiger partial charge in [-0.15, -0.1) is 0 Å². The molecule has 0 fully saturated rings. The monoisotopic (exact) mass is 250 g/mol. The fraction of sp³-hybridized carbons (Fsp3) is 0.500. The molecule has 0 amide bonds. The summed E-state index contributed by atoms with van der Waals surface area (Å²) in [6, 6.07) is 6.69. The Morgan fingerprint density at radius 3 is 2.78 bits per heavy atom. The second-order valence-corrected chi connectivity index (χ2v) is 4.24. The Labute approximate surface area is 107 Å². The van der Waals surface area contributed by atoms with Crippen molar-refractivity contribution in [3.8, 4) is 6.07 Å². The lowest BCUT2D eigenvalue weighted by Crippen LogP contribution is -2.28. The van der Waals surface area contributed by atoms with Crippen LogP contribution in [0.5, 0.6) is 0 Å². The lowest BCUT2D eigenvalue weighted by atomic mass is 10.1. The number of aliphatic hydroxyl groups is 1. The van der Waals surface area contributed by atoms with Gasteiger partial charge in [0.15, 0.2) is 0 Å². The van der Waals surface area contributed by atoms with Gasteiger partial charge in [0.2, 0.25) is 0 Å². The van der Waals surface area contributed by atoms with Crippen LogP contribution in [0, 0.1) is 17.1 Å². The van der Waals surface area contributed by atoms with Crippen LogP contribution in [0.15, 0.2) is 18.2 Å². The van der Waals surface area contributed by atoms with E-state index < -0.39 is 5.82 Å². The summed E-state index contributed by atoms with van der Waals surface area (Å²) in [5.41, 5.74) is 0.588. The third kappa shape index (κ3) is 4.10. The highest BCUT2D eigenvalue weighted by molar-refractivity contribution is 5.34. The van der Waals surface area contributed by atoms with Crippen LogP contribution in [0.1, 0.15) is 30.9 Å². The van der Waals surface area contributed by atoms with Crippen LogP contribution < -0.4 is 0 Å². The van der Waals surface area contributed by atoms with E-state index in [-0.39, 0.29) is 12.2 Å². The van der Waals surface area contributed by atoms with Crippen molar-refractivity contribution < 1.29 is 9.50 Å². The fourth-order valence-electron chi connectivity index (χ4n) is 1.82. The Kier molecular flexibility index (Phi) is 6.34. The van der Waals surface area contributed by atoms with Crippen LogP contribution in [0.2, 0.25) is 0 Å². The first-order chi connectivity index (χ1) is 8.72. The number of hydrogen-bond donors (Lipinski definition) is 1. The summed E-state index contributed by atoms with van der Waals surface area (Å²) in [5.74, 6) is -0.445. The van der Waals surface area contributed by atoms with Crippen LogP contribution in [0.4, 0.5) is 4.39 Å². The molecule has 0 spiro atoms. The van der Waals surface area contributed by atoms with Gasteiger partial charge in [0.05, 0.1) is 12.2 Å². The first-order valence-corrected chi connectivity index (χ1v) is 6.23. The number of nitriles is 1. The highest BCUT2D eigenvalue weighted by atomic mass is 19.1. The molecular formula is C14H19FN2O. The van der Waals surface area contributed by atoms with Gasteiger partial charge in [-0.05, 0) is 19.0 Å². The Morgan fingerprint density at radius 1 is 1.39 bits per heavy atom.